The summed E-state index contributed by atoms with van der Waals surface area (Å²) < 4.78 is 49.5. The predicted octanol–water partition coefficient (Wildman–Crippen LogP) is 1.76. The zero-order chi connectivity index (χ0) is 26.8. The van der Waals surface area contributed by atoms with Gasteiger partial charge in [-0.1, -0.05) is 11.3 Å². The number of benzene rings is 1. The Hall–Kier alpha value is -3.46. The molecule has 39 heavy (non-hydrogen) atoms. The topological polar surface area (TPSA) is 130 Å². The number of rotatable bonds is 5. The van der Waals surface area contributed by atoms with Gasteiger partial charge in [0.1, 0.15) is 22.5 Å². The van der Waals surface area contributed by atoms with Crippen molar-refractivity contribution in [2.45, 2.75) is 18.6 Å². The van der Waals surface area contributed by atoms with Crippen molar-refractivity contribution in [3.63, 3.8) is 0 Å². The Morgan fingerprint density at radius 1 is 1.10 bits per heavy atom. The number of piperazine rings is 1. The Balaban J connectivity index is 1.55. The molecule has 0 spiro atoms. The first-order valence-corrected chi connectivity index (χ1v) is 13.4. The molecule has 14 heteroatoms. The zero-order valence-electron chi connectivity index (χ0n) is 20.9. The first kappa shape index (κ1) is 24.6. The van der Waals surface area contributed by atoms with Crippen LogP contribution in [0.15, 0.2) is 16.9 Å². The van der Waals surface area contributed by atoms with Gasteiger partial charge in [0.05, 0.1) is 61.5 Å². The van der Waals surface area contributed by atoms with Crippen molar-refractivity contribution in [3.8, 4) is 17.3 Å². The Bertz CT molecular complexity index is 1650. The van der Waals surface area contributed by atoms with Gasteiger partial charge in [-0.15, -0.1) is 0 Å². The van der Waals surface area contributed by atoms with E-state index in [1.807, 2.05) is 4.90 Å². The van der Waals surface area contributed by atoms with E-state index in [-0.39, 0.29) is 68.1 Å². The number of nitrogens with two attached hydrogens (primary N) is 1. The molecule has 2 bridgehead atoms. The van der Waals surface area contributed by atoms with Gasteiger partial charge in [0.25, 0.3) is 5.56 Å². The number of halogens is 2. The highest BCUT2D eigenvalue weighted by Crippen LogP contribution is 2.39. The van der Waals surface area contributed by atoms with Crippen molar-refractivity contribution in [2.24, 2.45) is 5.92 Å². The number of hydrogen-bond acceptors (Lipinski definition) is 11. The zero-order valence-corrected chi connectivity index (χ0v) is 21.8. The van der Waals surface area contributed by atoms with Crippen LogP contribution in [0.2, 0.25) is 0 Å². The third-order valence-corrected chi connectivity index (χ3v) is 8.42. The summed E-state index contributed by atoms with van der Waals surface area (Å²) in [7, 11) is 1.39. The van der Waals surface area contributed by atoms with E-state index in [4.69, 9.17) is 19.9 Å². The number of nitrogens with one attached hydrogen (secondary N) is 1. The molecule has 0 aliphatic carbocycles. The Morgan fingerprint density at radius 2 is 1.85 bits per heavy atom. The number of aromatic nitrogens is 4. The highest BCUT2D eigenvalue weighted by atomic mass is 32.1. The molecule has 3 aliphatic rings. The maximum Gasteiger partial charge on any atom is 0.318 e. The van der Waals surface area contributed by atoms with E-state index in [1.165, 1.54) is 23.8 Å². The van der Waals surface area contributed by atoms with Crippen molar-refractivity contribution < 1.29 is 23.0 Å². The highest BCUT2D eigenvalue weighted by molar-refractivity contribution is 7.22. The molecule has 3 aliphatic heterocycles. The molecule has 1 aromatic carbocycles. The van der Waals surface area contributed by atoms with Crippen molar-refractivity contribution in [1.82, 2.24) is 24.8 Å². The van der Waals surface area contributed by atoms with Crippen molar-refractivity contribution in [2.75, 3.05) is 57.3 Å². The minimum atomic E-state index is -0.747. The van der Waals surface area contributed by atoms with Gasteiger partial charge >= 0.3 is 6.01 Å². The van der Waals surface area contributed by atoms with Gasteiger partial charge in [0, 0.05) is 31.1 Å². The number of thiazole rings is 1. The van der Waals surface area contributed by atoms with Crippen molar-refractivity contribution in [3.05, 3.63) is 34.1 Å². The van der Waals surface area contributed by atoms with E-state index in [0.29, 0.717) is 45.3 Å². The second-order valence-electron chi connectivity index (χ2n) is 9.97. The summed E-state index contributed by atoms with van der Waals surface area (Å²) in [6.07, 6.45) is 0. The summed E-state index contributed by atoms with van der Waals surface area (Å²) in [5.41, 5.74) is 5.68. The van der Waals surface area contributed by atoms with Crippen molar-refractivity contribution >= 4 is 43.4 Å². The molecule has 3 aromatic heterocycles. The third kappa shape index (κ3) is 3.84. The molecule has 0 saturated carbocycles. The van der Waals surface area contributed by atoms with Crippen LogP contribution in [0.4, 0.5) is 19.7 Å². The molecular formula is C25H25F2N7O4S. The summed E-state index contributed by atoms with van der Waals surface area (Å²) in [5, 5.41) is 3.58. The summed E-state index contributed by atoms with van der Waals surface area (Å²) in [6, 6.07) is 2.38. The number of fused-ring (bicyclic) bond motifs is 4. The molecule has 3 N–H and O–H groups in total. The van der Waals surface area contributed by atoms with Gasteiger partial charge in [-0.25, -0.2) is 13.8 Å². The standard InChI is InChI=1S/C25H25F2N7O4S/c1-36-25-31-19-16(22(32-25)34-12-4-29-5-13(34)10-38-9-12)23(35)33(6-11-7-37-8-11)20(17(19)27)14-2-3-15(26)21-18(14)30-24(28)39-21/h2-3,11-13,29H,4-10H2,1H3,(H2,28,30). The first-order valence-electron chi connectivity index (χ1n) is 12.6. The van der Waals surface area contributed by atoms with Crippen LogP contribution < -0.4 is 26.2 Å². The monoisotopic (exact) mass is 557 g/mol. The number of nitrogen functional groups attached to an aromatic ring is 1. The predicted molar refractivity (Wildman–Crippen MR) is 141 cm³/mol. The van der Waals surface area contributed by atoms with Crippen LogP contribution in [0.3, 0.4) is 0 Å². The summed E-state index contributed by atoms with van der Waals surface area (Å²) >= 11 is 0.965. The van der Waals surface area contributed by atoms with Gasteiger partial charge in [0.15, 0.2) is 10.9 Å². The number of methoxy groups -OCH3 is 1. The fourth-order valence-corrected chi connectivity index (χ4v) is 6.44. The maximum absolute atomic E-state index is 16.8. The third-order valence-electron chi connectivity index (χ3n) is 7.52. The van der Waals surface area contributed by atoms with Gasteiger partial charge in [-0.3, -0.25) is 4.79 Å². The molecule has 2 unspecified atom stereocenters. The second-order valence-corrected chi connectivity index (χ2v) is 11.0. The second kappa shape index (κ2) is 9.33. The average molecular weight is 558 g/mol. The molecule has 204 valence electrons. The van der Waals surface area contributed by atoms with Crippen LogP contribution in [-0.2, 0) is 16.0 Å². The van der Waals surface area contributed by atoms with Crippen LogP contribution in [0.1, 0.15) is 0 Å². The van der Waals surface area contributed by atoms with E-state index in [1.54, 1.807) is 0 Å². The molecule has 11 nitrogen and oxygen atoms in total. The fourth-order valence-electron chi connectivity index (χ4n) is 5.68. The van der Waals surface area contributed by atoms with Crippen LogP contribution in [0.25, 0.3) is 32.4 Å². The number of anilines is 2. The molecule has 0 amide bonds. The highest BCUT2D eigenvalue weighted by Gasteiger charge is 2.38. The molecule has 6 heterocycles. The summed E-state index contributed by atoms with van der Waals surface area (Å²) in [4.78, 5) is 29.6. The van der Waals surface area contributed by atoms with Gasteiger partial charge < -0.3 is 34.7 Å². The minimum Gasteiger partial charge on any atom is -0.467 e. The molecule has 2 atom stereocenters. The van der Waals surface area contributed by atoms with Crippen LogP contribution in [0, 0.1) is 17.6 Å². The van der Waals surface area contributed by atoms with E-state index < -0.39 is 17.2 Å². The largest absolute Gasteiger partial charge is 0.467 e. The minimum absolute atomic E-state index is 0.00401. The van der Waals surface area contributed by atoms with Crippen LogP contribution >= 0.6 is 11.3 Å². The maximum atomic E-state index is 16.8. The number of hydrogen-bond donors (Lipinski definition) is 2. The number of morpholine rings is 1. The van der Waals surface area contributed by atoms with E-state index in [2.05, 4.69) is 20.3 Å². The molecular weight excluding hydrogens is 532 g/mol. The van der Waals surface area contributed by atoms with Crippen LogP contribution in [0.5, 0.6) is 6.01 Å². The normalized spacial score (nSPS) is 21.5. The van der Waals surface area contributed by atoms with E-state index in [9.17, 15) is 9.18 Å². The molecule has 7 rings (SSSR count). The van der Waals surface area contributed by atoms with E-state index >= 15 is 4.39 Å². The Kier molecular flexibility index (Phi) is 5.88. The Labute approximate surface area is 224 Å². The molecule has 4 aromatic rings. The number of nitrogens with zero attached hydrogens (tertiary/aromatic N) is 5. The molecule has 0 radical (unpaired) electrons. The van der Waals surface area contributed by atoms with Crippen molar-refractivity contribution in [1.29, 1.82) is 0 Å². The lowest BCUT2D eigenvalue weighted by Crippen LogP contribution is -2.64. The lowest BCUT2D eigenvalue weighted by atomic mass is 10.0. The smallest absolute Gasteiger partial charge is 0.318 e. The van der Waals surface area contributed by atoms with Gasteiger partial charge in [-0.2, -0.15) is 9.97 Å². The summed E-state index contributed by atoms with van der Waals surface area (Å²) in [6.45, 7) is 3.20. The van der Waals surface area contributed by atoms with Gasteiger partial charge in [-0.05, 0) is 12.1 Å². The number of pyridine rings is 1. The first-order chi connectivity index (χ1) is 18.9. The summed E-state index contributed by atoms with van der Waals surface area (Å²) in [5.74, 6) is -0.954. The van der Waals surface area contributed by atoms with E-state index in [0.717, 1.165) is 11.3 Å². The van der Waals surface area contributed by atoms with Gasteiger partial charge in [0.2, 0.25) is 0 Å². The SMILES string of the molecule is COc1nc(N2C3CNCC2COC3)c2c(=O)n(CC3COC3)c(-c3ccc(F)c4sc(N)nc34)c(F)c2n1. The molecule has 3 saturated heterocycles. The lowest BCUT2D eigenvalue weighted by Gasteiger charge is -2.46. The average Bonchev–Trinajstić information content (AvgIpc) is 3.30. The Morgan fingerprint density at radius 3 is 2.54 bits per heavy atom. The lowest BCUT2D eigenvalue weighted by molar-refractivity contribution is -0.0396. The fraction of sp³-hybridized carbons (Fsp3) is 0.440. The van der Waals surface area contributed by atoms with Crippen LogP contribution in [-0.4, -0.2) is 78.2 Å². The number of ether oxygens (including phenoxy) is 3. The molecule has 3 fully saturated rings. The quantitative estimate of drug-likeness (QED) is 0.374.